The van der Waals surface area contributed by atoms with E-state index in [0.29, 0.717) is 0 Å². The third kappa shape index (κ3) is 2.39. The molecule has 0 atom stereocenters. The molecule has 0 fully saturated rings. The summed E-state index contributed by atoms with van der Waals surface area (Å²) in [5, 5.41) is 12.0. The molecule has 0 aliphatic heterocycles. The maximum Gasteiger partial charge on any atom is 0.335 e. The lowest BCUT2D eigenvalue weighted by atomic mass is 10.2. The van der Waals surface area contributed by atoms with Crippen molar-refractivity contribution in [2.45, 2.75) is 0 Å². The summed E-state index contributed by atoms with van der Waals surface area (Å²) in [5.74, 6) is -0.920. The largest absolute Gasteiger partial charge is 0.478 e. The van der Waals surface area contributed by atoms with Gasteiger partial charge in [-0.2, -0.15) is 0 Å². The van der Waals surface area contributed by atoms with Crippen LogP contribution in [-0.2, 0) is 0 Å². The molecule has 3 heteroatoms. The Labute approximate surface area is 93.4 Å². The van der Waals surface area contributed by atoms with Crippen LogP contribution in [0.25, 0.3) is 0 Å². The lowest BCUT2D eigenvalue weighted by molar-refractivity contribution is 0.0697. The van der Waals surface area contributed by atoms with Crippen molar-refractivity contribution in [3.8, 4) is 0 Å². The number of aromatic carboxylic acids is 1. The molecule has 2 rings (SSSR count). The molecule has 16 heavy (non-hydrogen) atoms. The Morgan fingerprint density at radius 3 is 2.31 bits per heavy atom. The molecule has 2 aromatic rings. The Balaban J connectivity index is 2.22. The van der Waals surface area contributed by atoms with Gasteiger partial charge in [0.05, 0.1) is 5.56 Å². The number of anilines is 2. The van der Waals surface area contributed by atoms with Crippen molar-refractivity contribution in [3.05, 3.63) is 60.2 Å². The SMILES string of the molecule is O=C(O)c1cccc(Nc2ccccc2)c1. The van der Waals surface area contributed by atoms with E-state index in [2.05, 4.69) is 5.32 Å². The molecule has 3 nitrogen and oxygen atoms in total. The summed E-state index contributed by atoms with van der Waals surface area (Å²) in [7, 11) is 0. The number of carboxylic acid groups (broad SMARTS) is 1. The van der Waals surface area contributed by atoms with Gasteiger partial charge in [-0.1, -0.05) is 24.3 Å². The highest BCUT2D eigenvalue weighted by Gasteiger charge is 2.02. The highest BCUT2D eigenvalue weighted by atomic mass is 16.4. The Bertz CT molecular complexity index is 494. The van der Waals surface area contributed by atoms with Crippen LogP contribution in [0.2, 0.25) is 0 Å². The van der Waals surface area contributed by atoms with E-state index in [1.807, 2.05) is 36.4 Å². The van der Waals surface area contributed by atoms with E-state index < -0.39 is 5.97 Å². The van der Waals surface area contributed by atoms with Gasteiger partial charge in [-0.3, -0.25) is 0 Å². The third-order valence-electron chi connectivity index (χ3n) is 2.17. The lowest BCUT2D eigenvalue weighted by Crippen LogP contribution is -1.97. The highest BCUT2D eigenvalue weighted by molar-refractivity contribution is 5.89. The molecular formula is C13H11NO2. The van der Waals surface area contributed by atoms with Gasteiger partial charge in [0.25, 0.3) is 0 Å². The number of nitrogens with one attached hydrogen (secondary N) is 1. The Morgan fingerprint density at radius 1 is 0.938 bits per heavy atom. The van der Waals surface area contributed by atoms with Crippen LogP contribution < -0.4 is 5.32 Å². The van der Waals surface area contributed by atoms with Crippen molar-refractivity contribution in [2.24, 2.45) is 0 Å². The van der Waals surface area contributed by atoms with Crippen molar-refractivity contribution in [1.82, 2.24) is 0 Å². The molecule has 0 aliphatic carbocycles. The molecule has 0 saturated carbocycles. The van der Waals surface area contributed by atoms with E-state index in [0.717, 1.165) is 11.4 Å². The summed E-state index contributed by atoms with van der Waals surface area (Å²) >= 11 is 0. The second kappa shape index (κ2) is 4.49. The number of carboxylic acids is 1. The molecule has 0 saturated heterocycles. The first-order valence-corrected chi connectivity index (χ1v) is 4.91. The minimum absolute atomic E-state index is 0.279. The highest BCUT2D eigenvalue weighted by Crippen LogP contribution is 2.17. The summed E-state index contributed by atoms with van der Waals surface area (Å²) in [6.45, 7) is 0. The van der Waals surface area contributed by atoms with Crippen molar-refractivity contribution in [1.29, 1.82) is 0 Å². The average molecular weight is 213 g/mol. The Morgan fingerprint density at radius 2 is 1.62 bits per heavy atom. The first kappa shape index (κ1) is 10.2. The van der Waals surface area contributed by atoms with Gasteiger partial charge >= 0.3 is 5.97 Å². The van der Waals surface area contributed by atoms with Crippen molar-refractivity contribution in [3.63, 3.8) is 0 Å². The van der Waals surface area contributed by atoms with Gasteiger partial charge in [-0.25, -0.2) is 4.79 Å². The number of benzene rings is 2. The number of rotatable bonds is 3. The zero-order valence-electron chi connectivity index (χ0n) is 8.55. The van der Waals surface area contributed by atoms with E-state index in [1.54, 1.807) is 18.2 Å². The zero-order valence-corrected chi connectivity index (χ0v) is 8.55. The van der Waals surface area contributed by atoms with Gasteiger partial charge in [-0.05, 0) is 30.3 Å². The summed E-state index contributed by atoms with van der Waals surface area (Å²) in [4.78, 5) is 10.8. The minimum atomic E-state index is -0.920. The van der Waals surface area contributed by atoms with Crippen LogP contribution in [0.4, 0.5) is 11.4 Å². The van der Waals surface area contributed by atoms with E-state index in [1.165, 1.54) is 0 Å². The maximum atomic E-state index is 10.8. The summed E-state index contributed by atoms with van der Waals surface area (Å²) in [6.07, 6.45) is 0. The fraction of sp³-hybridized carbons (Fsp3) is 0. The minimum Gasteiger partial charge on any atom is -0.478 e. The van der Waals surface area contributed by atoms with E-state index in [9.17, 15) is 4.79 Å². The fourth-order valence-electron chi connectivity index (χ4n) is 1.42. The topological polar surface area (TPSA) is 49.3 Å². The molecule has 0 bridgehead atoms. The van der Waals surface area contributed by atoms with Gasteiger partial charge in [0, 0.05) is 11.4 Å². The van der Waals surface area contributed by atoms with Crippen LogP contribution in [0.15, 0.2) is 54.6 Å². The van der Waals surface area contributed by atoms with Crippen molar-refractivity contribution < 1.29 is 9.90 Å². The second-order valence-electron chi connectivity index (χ2n) is 3.38. The number of para-hydroxylation sites is 1. The molecule has 2 aromatic carbocycles. The molecule has 0 amide bonds. The average Bonchev–Trinajstić information content (AvgIpc) is 2.30. The van der Waals surface area contributed by atoms with E-state index >= 15 is 0 Å². The van der Waals surface area contributed by atoms with Crippen LogP contribution in [0.3, 0.4) is 0 Å². The van der Waals surface area contributed by atoms with Crippen molar-refractivity contribution >= 4 is 17.3 Å². The molecule has 0 spiro atoms. The van der Waals surface area contributed by atoms with Gasteiger partial charge < -0.3 is 10.4 Å². The van der Waals surface area contributed by atoms with Crippen LogP contribution in [-0.4, -0.2) is 11.1 Å². The fourth-order valence-corrected chi connectivity index (χ4v) is 1.42. The molecule has 2 N–H and O–H groups in total. The van der Waals surface area contributed by atoms with Crippen LogP contribution >= 0.6 is 0 Å². The van der Waals surface area contributed by atoms with Gasteiger partial charge in [-0.15, -0.1) is 0 Å². The van der Waals surface area contributed by atoms with E-state index in [-0.39, 0.29) is 5.56 Å². The van der Waals surface area contributed by atoms with Gasteiger partial charge in [0.1, 0.15) is 0 Å². The smallest absolute Gasteiger partial charge is 0.335 e. The van der Waals surface area contributed by atoms with Crippen LogP contribution in [0.5, 0.6) is 0 Å². The monoisotopic (exact) mass is 213 g/mol. The van der Waals surface area contributed by atoms with E-state index in [4.69, 9.17) is 5.11 Å². The lowest BCUT2D eigenvalue weighted by Gasteiger charge is -2.06. The summed E-state index contributed by atoms with van der Waals surface area (Å²) < 4.78 is 0. The molecular weight excluding hydrogens is 202 g/mol. The number of hydrogen-bond donors (Lipinski definition) is 2. The predicted octanol–water partition coefficient (Wildman–Crippen LogP) is 3.13. The molecule has 0 aromatic heterocycles. The molecule has 0 unspecified atom stereocenters. The third-order valence-corrected chi connectivity index (χ3v) is 2.17. The van der Waals surface area contributed by atoms with Crippen molar-refractivity contribution in [2.75, 3.05) is 5.32 Å². The van der Waals surface area contributed by atoms with Crippen LogP contribution in [0, 0.1) is 0 Å². The molecule has 80 valence electrons. The standard InChI is InChI=1S/C13H11NO2/c15-13(16)10-5-4-8-12(9-10)14-11-6-2-1-3-7-11/h1-9,14H,(H,15,16). The first-order valence-electron chi connectivity index (χ1n) is 4.91. The molecule has 0 aliphatic rings. The Hall–Kier alpha value is -2.29. The molecule has 0 radical (unpaired) electrons. The zero-order chi connectivity index (χ0) is 11.4. The summed E-state index contributed by atoms with van der Waals surface area (Å²) in [5.41, 5.74) is 1.98. The normalized spacial score (nSPS) is 9.75. The first-order chi connectivity index (χ1) is 7.75. The quantitative estimate of drug-likeness (QED) is 0.823. The van der Waals surface area contributed by atoms with Crippen LogP contribution in [0.1, 0.15) is 10.4 Å². The number of hydrogen-bond acceptors (Lipinski definition) is 2. The molecule has 0 heterocycles. The Kier molecular flexibility index (Phi) is 2.87. The second-order valence-corrected chi connectivity index (χ2v) is 3.38. The van der Waals surface area contributed by atoms with Gasteiger partial charge in [0.2, 0.25) is 0 Å². The summed E-state index contributed by atoms with van der Waals surface area (Å²) in [6, 6.07) is 16.3. The maximum absolute atomic E-state index is 10.8. The van der Waals surface area contributed by atoms with Gasteiger partial charge in [0.15, 0.2) is 0 Å². The predicted molar refractivity (Wildman–Crippen MR) is 63.1 cm³/mol. The number of carbonyl (C=O) groups is 1.